The molecule has 1 saturated heterocycles. The first kappa shape index (κ1) is 10.3. The summed E-state index contributed by atoms with van der Waals surface area (Å²) in [6.45, 7) is 5.47. The van der Waals surface area contributed by atoms with E-state index < -0.39 is 6.67 Å². The van der Waals surface area contributed by atoms with Gasteiger partial charge in [-0.25, -0.2) is 9.18 Å². The molecule has 76 valence electrons. The normalized spacial score (nSPS) is 27.8. The third-order valence-electron chi connectivity index (χ3n) is 2.65. The Labute approximate surface area is 78.3 Å². The molecular weight excluding hydrogens is 171 g/mol. The zero-order chi connectivity index (χ0) is 9.84. The Morgan fingerprint density at radius 1 is 1.46 bits per heavy atom. The van der Waals surface area contributed by atoms with Crippen LogP contribution in [0, 0.1) is 11.8 Å². The number of carbonyl (C=O) groups excluding carboxylic acids is 1. The Balaban J connectivity index is 2.33. The molecule has 13 heavy (non-hydrogen) atoms. The third kappa shape index (κ3) is 2.57. The number of urea groups is 1. The van der Waals surface area contributed by atoms with Crippen LogP contribution in [0.25, 0.3) is 0 Å². The average molecular weight is 188 g/mol. The molecule has 1 fully saturated rings. The molecule has 2 amide bonds. The van der Waals surface area contributed by atoms with Crippen LogP contribution in [0.1, 0.15) is 13.8 Å². The van der Waals surface area contributed by atoms with Crippen molar-refractivity contribution in [3.63, 3.8) is 0 Å². The van der Waals surface area contributed by atoms with Crippen LogP contribution in [0.5, 0.6) is 0 Å². The number of halogens is 1. The van der Waals surface area contributed by atoms with E-state index in [1.165, 1.54) is 0 Å². The summed E-state index contributed by atoms with van der Waals surface area (Å²) in [6, 6.07) is -0.131. The standard InChI is InChI=1S/C9H17FN2O/c1-7-5-12(6-8(7)2)9(13)11-4-3-10/h7-8H,3-6H2,1-2H3,(H,11,13). The van der Waals surface area contributed by atoms with E-state index >= 15 is 0 Å². The van der Waals surface area contributed by atoms with Crippen molar-refractivity contribution in [2.45, 2.75) is 13.8 Å². The van der Waals surface area contributed by atoms with Crippen LogP contribution >= 0.6 is 0 Å². The fourth-order valence-electron chi connectivity index (χ4n) is 1.56. The fourth-order valence-corrected chi connectivity index (χ4v) is 1.56. The van der Waals surface area contributed by atoms with Gasteiger partial charge in [0.25, 0.3) is 0 Å². The number of hydrogen-bond donors (Lipinski definition) is 1. The van der Waals surface area contributed by atoms with Gasteiger partial charge in [-0.2, -0.15) is 0 Å². The Morgan fingerprint density at radius 2 is 2.00 bits per heavy atom. The Hall–Kier alpha value is -0.800. The highest BCUT2D eigenvalue weighted by atomic mass is 19.1. The molecule has 0 bridgehead atoms. The highest BCUT2D eigenvalue weighted by Crippen LogP contribution is 2.21. The second-order valence-electron chi connectivity index (χ2n) is 3.78. The molecular formula is C9H17FN2O. The van der Waals surface area contributed by atoms with Gasteiger partial charge in [-0.3, -0.25) is 0 Å². The number of hydrogen-bond acceptors (Lipinski definition) is 1. The van der Waals surface area contributed by atoms with Gasteiger partial charge in [0.05, 0.1) is 0 Å². The molecule has 2 unspecified atom stereocenters. The van der Waals surface area contributed by atoms with Gasteiger partial charge in [-0.05, 0) is 11.8 Å². The zero-order valence-corrected chi connectivity index (χ0v) is 8.22. The highest BCUT2D eigenvalue weighted by molar-refractivity contribution is 5.74. The molecule has 0 aromatic heterocycles. The first-order chi connectivity index (χ1) is 6.15. The molecule has 0 aliphatic carbocycles. The van der Waals surface area contributed by atoms with Crippen molar-refractivity contribution < 1.29 is 9.18 Å². The zero-order valence-electron chi connectivity index (χ0n) is 8.22. The number of amides is 2. The summed E-state index contributed by atoms with van der Waals surface area (Å²) in [5.41, 5.74) is 0. The lowest BCUT2D eigenvalue weighted by molar-refractivity contribution is 0.205. The van der Waals surface area contributed by atoms with Crippen LogP contribution in [0.3, 0.4) is 0 Å². The van der Waals surface area contributed by atoms with E-state index in [1.807, 2.05) is 0 Å². The lowest BCUT2D eigenvalue weighted by Gasteiger charge is -2.15. The largest absolute Gasteiger partial charge is 0.335 e. The van der Waals surface area contributed by atoms with Gasteiger partial charge in [0.1, 0.15) is 6.67 Å². The molecule has 0 aromatic carbocycles. The molecule has 0 aromatic rings. The summed E-state index contributed by atoms with van der Waals surface area (Å²) < 4.78 is 11.8. The van der Waals surface area contributed by atoms with Crippen molar-refractivity contribution in [3.8, 4) is 0 Å². The number of carbonyl (C=O) groups is 1. The van der Waals surface area contributed by atoms with E-state index in [0.717, 1.165) is 13.1 Å². The smallest absolute Gasteiger partial charge is 0.317 e. The van der Waals surface area contributed by atoms with E-state index in [9.17, 15) is 9.18 Å². The summed E-state index contributed by atoms with van der Waals surface area (Å²) in [7, 11) is 0. The molecule has 0 saturated carbocycles. The predicted octanol–water partition coefficient (Wildman–Crippen LogP) is 1.25. The maximum Gasteiger partial charge on any atom is 0.317 e. The Bertz CT molecular complexity index is 176. The quantitative estimate of drug-likeness (QED) is 0.695. The van der Waals surface area contributed by atoms with E-state index in [0.29, 0.717) is 11.8 Å². The second-order valence-corrected chi connectivity index (χ2v) is 3.78. The molecule has 1 aliphatic rings. The lowest BCUT2D eigenvalue weighted by atomic mass is 10.0. The van der Waals surface area contributed by atoms with Crippen LogP contribution < -0.4 is 5.32 Å². The SMILES string of the molecule is CC1CN(C(=O)NCCF)CC1C. The molecule has 2 atom stereocenters. The molecule has 3 nitrogen and oxygen atoms in total. The van der Waals surface area contributed by atoms with E-state index in [2.05, 4.69) is 19.2 Å². The summed E-state index contributed by atoms with van der Waals surface area (Å²) in [5, 5.41) is 2.53. The van der Waals surface area contributed by atoms with Crippen LogP contribution in [0.4, 0.5) is 9.18 Å². The second kappa shape index (κ2) is 4.44. The molecule has 1 N–H and O–H groups in total. The first-order valence-corrected chi connectivity index (χ1v) is 4.74. The Morgan fingerprint density at radius 3 is 2.46 bits per heavy atom. The van der Waals surface area contributed by atoms with Gasteiger partial charge >= 0.3 is 6.03 Å². The van der Waals surface area contributed by atoms with Crippen molar-refractivity contribution in [3.05, 3.63) is 0 Å². The summed E-state index contributed by atoms with van der Waals surface area (Å²) in [6.07, 6.45) is 0. The number of likely N-dealkylation sites (tertiary alicyclic amines) is 1. The van der Waals surface area contributed by atoms with Crippen LogP contribution in [0.2, 0.25) is 0 Å². The number of nitrogens with one attached hydrogen (secondary N) is 1. The summed E-state index contributed by atoms with van der Waals surface area (Å²) in [5.74, 6) is 1.10. The van der Waals surface area contributed by atoms with Gasteiger partial charge in [-0.15, -0.1) is 0 Å². The van der Waals surface area contributed by atoms with Crippen LogP contribution in [-0.4, -0.2) is 37.2 Å². The van der Waals surface area contributed by atoms with E-state index in [1.54, 1.807) is 4.90 Å². The monoisotopic (exact) mass is 188 g/mol. The van der Waals surface area contributed by atoms with Gasteiger partial charge in [0.15, 0.2) is 0 Å². The Kier molecular flexibility index (Phi) is 3.51. The lowest BCUT2D eigenvalue weighted by Crippen LogP contribution is -2.39. The van der Waals surface area contributed by atoms with Crippen molar-refractivity contribution in [2.75, 3.05) is 26.3 Å². The van der Waals surface area contributed by atoms with E-state index in [-0.39, 0.29) is 12.6 Å². The minimum atomic E-state index is -0.495. The molecule has 4 heteroatoms. The minimum absolute atomic E-state index is 0.123. The van der Waals surface area contributed by atoms with Gasteiger partial charge < -0.3 is 10.2 Å². The number of rotatable bonds is 2. The fraction of sp³-hybridized carbons (Fsp3) is 0.889. The van der Waals surface area contributed by atoms with Crippen LogP contribution in [-0.2, 0) is 0 Å². The average Bonchev–Trinajstić information content (AvgIpc) is 2.43. The molecule has 1 aliphatic heterocycles. The van der Waals surface area contributed by atoms with Gasteiger partial charge in [-0.1, -0.05) is 13.8 Å². The van der Waals surface area contributed by atoms with Gasteiger partial charge in [0, 0.05) is 19.6 Å². The topological polar surface area (TPSA) is 32.3 Å². The van der Waals surface area contributed by atoms with Crippen molar-refractivity contribution >= 4 is 6.03 Å². The van der Waals surface area contributed by atoms with Gasteiger partial charge in [0.2, 0.25) is 0 Å². The minimum Gasteiger partial charge on any atom is -0.335 e. The number of alkyl halides is 1. The number of nitrogens with zero attached hydrogens (tertiary/aromatic N) is 1. The summed E-state index contributed by atoms with van der Waals surface area (Å²) in [4.78, 5) is 13.1. The molecule has 1 rings (SSSR count). The molecule has 1 heterocycles. The highest BCUT2D eigenvalue weighted by Gasteiger charge is 2.28. The predicted molar refractivity (Wildman–Crippen MR) is 49.3 cm³/mol. The van der Waals surface area contributed by atoms with Crippen molar-refractivity contribution in [1.29, 1.82) is 0 Å². The van der Waals surface area contributed by atoms with Crippen molar-refractivity contribution in [2.24, 2.45) is 11.8 Å². The maximum atomic E-state index is 11.8. The van der Waals surface area contributed by atoms with E-state index in [4.69, 9.17) is 0 Å². The summed E-state index contributed by atoms with van der Waals surface area (Å²) >= 11 is 0. The first-order valence-electron chi connectivity index (χ1n) is 4.74. The van der Waals surface area contributed by atoms with Crippen molar-refractivity contribution in [1.82, 2.24) is 10.2 Å². The maximum absolute atomic E-state index is 11.8. The molecule has 0 radical (unpaired) electrons. The van der Waals surface area contributed by atoms with Crippen LogP contribution in [0.15, 0.2) is 0 Å². The molecule has 0 spiro atoms. The third-order valence-corrected chi connectivity index (χ3v) is 2.65.